The van der Waals surface area contributed by atoms with E-state index in [4.69, 9.17) is 9.47 Å². The molecule has 2 aromatic rings. The number of thioether (sulfide) groups is 1. The monoisotopic (exact) mass is 439 g/mol. The van der Waals surface area contributed by atoms with Crippen molar-refractivity contribution in [1.82, 2.24) is 5.32 Å². The number of esters is 1. The summed E-state index contributed by atoms with van der Waals surface area (Å²) >= 11 is 0.998. The van der Waals surface area contributed by atoms with Gasteiger partial charge in [-0.05, 0) is 36.4 Å². The molecule has 1 heterocycles. The van der Waals surface area contributed by atoms with E-state index in [1.807, 2.05) is 37.3 Å². The fourth-order valence-electron chi connectivity index (χ4n) is 2.69. The molecule has 3 rings (SSSR count). The van der Waals surface area contributed by atoms with Crippen LogP contribution < -0.4 is 14.8 Å². The Morgan fingerprint density at radius 3 is 2.74 bits per heavy atom. The highest BCUT2D eigenvalue weighted by atomic mass is 32.2. The average Bonchev–Trinajstić information content (AvgIpc) is 3.11. The maximum atomic E-state index is 11.9. The summed E-state index contributed by atoms with van der Waals surface area (Å²) in [5.41, 5.74) is 2.84. The van der Waals surface area contributed by atoms with Crippen molar-refractivity contribution in [2.24, 2.45) is 10.2 Å². The zero-order valence-corrected chi connectivity index (χ0v) is 18.1. The fraction of sp³-hybridized carbons (Fsp3) is 0.182. The second-order valence-electron chi connectivity index (χ2n) is 6.39. The highest BCUT2D eigenvalue weighted by molar-refractivity contribution is 8.18. The molecule has 1 saturated heterocycles. The molecule has 1 fully saturated rings. The van der Waals surface area contributed by atoms with Gasteiger partial charge in [0.1, 0.15) is 6.61 Å². The highest BCUT2D eigenvalue weighted by Gasteiger charge is 2.25. The van der Waals surface area contributed by atoms with Crippen LogP contribution in [0.1, 0.15) is 16.7 Å². The predicted octanol–water partition coefficient (Wildman–Crippen LogP) is 3.19. The Labute approximate surface area is 184 Å². The first kappa shape index (κ1) is 22.1. The molecule has 31 heavy (non-hydrogen) atoms. The van der Waals surface area contributed by atoms with Crippen LogP contribution in [0, 0.1) is 6.92 Å². The number of nitrogens with zero attached hydrogens (tertiary/aromatic N) is 2. The van der Waals surface area contributed by atoms with Crippen molar-refractivity contribution < 1.29 is 23.8 Å². The molecule has 1 aliphatic rings. The van der Waals surface area contributed by atoms with Crippen molar-refractivity contribution in [3.8, 4) is 11.5 Å². The van der Waals surface area contributed by atoms with Crippen molar-refractivity contribution in [1.29, 1.82) is 0 Å². The molecule has 0 saturated carbocycles. The molecule has 0 bridgehead atoms. The topological polar surface area (TPSA) is 98.6 Å². The molecule has 0 aromatic heterocycles. The molecule has 0 radical (unpaired) electrons. The number of ether oxygens (including phenoxy) is 3. The van der Waals surface area contributed by atoms with Gasteiger partial charge in [0.2, 0.25) is 0 Å². The van der Waals surface area contributed by atoms with E-state index in [2.05, 4.69) is 26.3 Å². The normalized spacial score (nSPS) is 16.0. The van der Waals surface area contributed by atoms with Crippen molar-refractivity contribution in [2.75, 3.05) is 14.2 Å². The maximum Gasteiger partial charge on any atom is 0.331 e. The Bertz CT molecular complexity index is 1080. The minimum Gasteiger partial charge on any atom is -0.493 e. The second-order valence-corrected chi connectivity index (χ2v) is 7.42. The SMILES string of the molecule is COC(=O)/C=C1/S/C(=N\N=Cc2cccc(OC)c2OCc2cccc(C)c2)NC1=O. The van der Waals surface area contributed by atoms with Gasteiger partial charge in [-0.1, -0.05) is 35.9 Å². The van der Waals surface area contributed by atoms with E-state index in [1.54, 1.807) is 13.2 Å². The molecule has 0 spiro atoms. The largest absolute Gasteiger partial charge is 0.493 e. The number of amidine groups is 1. The molecular formula is C22H21N3O5S. The van der Waals surface area contributed by atoms with Crippen molar-refractivity contribution in [2.45, 2.75) is 13.5 Å². The summed E-state index contributed by atoms with van der Waals surface area (Å²) in [7, 11) is 2.80. The van der Waals surface area contributed by atoms with Gasteiger partial charge in [0.05, 0.1) is 25.3 Å². The molecule has 8 nitrogen and oxygen atoms in total. The lowest BCUT2D eigenvalue weighted by Crippen LogP contribution is -2.19. The molecule has 1 aliphatic heterocycles. The van der Waals surface area contributed by atoms with Crippen LogP contribution in [0.2, 0.25) is 0 Å². The average molecular weight is 439 g/mol. The Balaban J connectivity index is 1.76. The lowest BCUT2D eigenvalue weighted by atomic mass is 10.1. The van der Waals surface area contributed by atoms with Gasteiger partial charge < -0.3 is 14.2 Å². The van der Waals surface area contributed by atoms with Gasteiger partial charge in [0.15, 0.2) is 16.7 Å². The van der Waals surface area contributed by atoms with Gasteiger partial charge in [-0.3, -0.25) is 10.1 Å². The van der Waals surface area contributed by atoms with E-state index >= 15 is 0 Å². The van der Waals surface area contributed by atoms with Gasteiger partial charge in [0.25, 0.3) is 5.91 Å². The first-order chi connectivity index (χ1) is 15.0. The number of methoxy groups -OCH3 is 2. The van der Waals surface area contributed by atoms with Gasteiger partial charge in [-0.15, -0.1) is 5.10 Å². The standard InChI is InChI=1S/C22H21N3O5S/c1-14-6-4-7-15(10-14)13-30-20-16(8-5-9-17(20)28-2)12-23-25-22-24-21(27)18(31-22)11-19(26)29-3/h4-12H,13H2,1-3H3,(H,24,25,27)/b18-11+,23-12?. The van der Waals surface area contributed by atoms with Gasteiger partial charge in [-0.25, -0.2) is 4.79 Å². The quantitative estimate of drug-likeness (QED) is 0.308. The van der Waals surface area contributed by atoms with Crippen LogP contribution in [0.3, 0.4) is 0 Å². The third kappa shape index (κ3) is 5.95. The molecule has 0 unspecified atom stereocenters. The number of carbonyl (C=O) groups is 2. The van der Waals surface area contributed by atoms with Gasteiger partial charge >= 0.3 is 5.97 Å². The molecular weight excluding hydrogens is 418 g/mol. The molecule has 2 aromatic carbocycles. The summed E-state index contributed by atoms with van der Waals surface area (Å²) in [4.78, 5) is 23.4. The van der Waals surface area contributed by atoms with Crippen molar-refractivity contribution in [3.05, 3.63) is 70.1 Å². The zero-order chi connectivity index (χ0) is 22.2. The lowest BCUT2D eigenvalue weighted by molar-refractivity contribution is -0.135. The number of nitrogens with one attached hydrogen (secondary N) is 1. The maximum absolute atomic E-state index is 11.9. The van der Waals surface area contributed by atoms with Gasteiger partial charge in [-0.2, -0.15) is 5.10 Å². The summed E-state index contributed by atoms with van der Waals surface area (Å²) in [6.45, 7) is 2.39. The number of carbonyl (C=O) groups excluding carboxylic acids is 2. The summed E-state index contributed by atoms with van der Waals surface area (Å²) in [6.07, 6.45) is 2.61. The number of rotatable bonds is 7. The number of amides is 1. The predicted molar refractivity (Wildman–Crippen MR) is 119 cm³/mol. The van der Waals surface area contributed by atoms with Crippen LogP contribution in [0.5, 0.6) is 11.5 Å². The van der Waals surface area contributed by atoms with Crippen LogP contribution >= 0.6 is 11.8 Å². The van der Waals surface area contributed by atoms with E-state index < -0.39 is 11.9 Å². The van der Waals surface area contributed by atoms with E-state index in [1.165, 1.54) is 13.3 Å². The third-order valence-corrected chi connectivity index (χ3v) is 5.04. The Morgan fingerprint density at radius 1 is 1.19 bits per heavy atom. The van der Waals surface area contributed by atoms with Crippen LogP contribution in [0.25, 0.3) is 0 Å². The first-order valence-corrected chi connectivity index (χ1v) is 10.1. The second kappa shape index (κ2) is 10.4. The molecule has 160 valence electrons. The van der Waals surface area contributed by atoms with Crippen LogP contribution in [0.15, 0.2) is 63.6 Å². The van der Waals surface area contributed by atoms with E-state index in [9.17, 15) is 9.59 Å². The number of benzene rings is 2. The summed E-state index contributed by atoms with van der Waals surface area (Å²) < 4.78 is 16.0. The lowest BCUT2D eigenvalue weighted by Gasteiger charge is -2.13. The minimum absolute atomic E-state index is 0.185. The number of aryl methyl sites for hydroxylation is 1. The summed E-state index contributed by atoms with van der Waals surface area (Å²) in [5, 5.41) is 10.8. The van der Waals surface area contributed by atoms with E-state index in [-0.39, 0.29) is 10.1 Å². The minimum atomic E-state index is -0.616. The highest BCUT2D eigenvalue weighted by Crippen LogP contribution is 2.31. The summed E-state index contributed by atoms with van der Waals surface area (Å²) in [6, 6.07) is 13.5. The van der Waals surface area contributed by atoms with Crippen LogP contribution in [-0.4, -0.2) is 37.5 Å². The number of hydrogen-bond acceptors (Lipinski definition) is 8. The first-order valence-electron chi connectivity index (χ1n) is 9.25. The van der Waals surface area contributed by atoms with E-state index in [0.717, 1.165) is 29.0 Å². The Morgan fingerprint density at radius 2 is 2.00 bits per heavy atom. The summed E-state index contributed by atoms with van der Waals surface area (Å²) in [5.74, 6) is 0.0445. The third-order valence-electron chi connectivity index (χ3n) is 4.14. The molecule has 0 aliphatic carbocycles. The molecule has 9 heteroatoms. The Hall–Kier alpha value is -3.59. The number of para-hydroxylation sites is 1. The molecule has 1 N–H and O–H groups in total. The zero-order valence-electron chi connectivity index (χ0n) is 17.2. The smallest absolute Gasteiger partial charge is 0.331 e. The number of hydrogen-bond donors (Lipinski definition) is 1. The molecule has 1 amide bonds. The molecule has 0 atom stereocenters. The fourth-order valence-corrected chi connectivity index (χ4v) is 3.43. The van der Waals surface area contributed by atoms with Gasteiger partial charge in [0, 0.05) is 11.6 Å². The van der Waals surface area contributed by atoms with E-state index in [0.29, 0.717) is 23.7 Å². The van der Waals surface area contributed by atoms with Crippen LogP contribution in [-0.2, 0) is 20.9 Å². The van der Waals surface area contributed by atoms with Crippen LogP contribution in [0.4, 0.5) is 0 Å². The van der Waals surface area contributed by atoms with Crippen molar-refractivity contribution in [3.63, 3.8) is 0 Å². The Kier molecular flexibility index (Phi) is 7.45. The van der Waals surface area contributed by atoms with Crippen molar-refractivity contribution >= 4 is 35.0 Å².